The summed E-state index contributed by atoms with van der Waals surface area (Å²) in [5.74, 6) is -1.81. The van der Waals surface area contributed by atoms with Gasteiger partial charge in [-0.05, 0) is 13.8 Å². The zero-order valence-corrected chi connectivity index (χ0v) is 11.0. The molecule has 0 spiro atoms. The van der Waals surface area contributed by atoms with Crippen LogP contribution < -0.4 is 10.0 Å². The van der Waals surface area contributed by atoms with Crippen LogP contribution >= 0.6 is 0 Å². The number of carbonyl (C=O) groups is 2. The third kappa shape index (κ3) is 3.65. The topological polar surface area (TPSA) is 116 Å². The second-order valence-corrected chi connectivity index (χ2v) is 5.95. The van der Waals surface area contributed by atoms with E-state index in [9.17, 15) is 18.0 Å². The number of carboxylic acids is 1. The highest BCUT2D eigenvalue weighted by atomic mass is 32.2. The summed E-state index contributed by atoms with van der Waals surface area (Å²) >= 11 is 0. The van der Waals surface area contributed by atoms with Crippen LogP contribution in [0.3, 0.4) is 0 Å². The fraction of sp³-hybridized carbons (Fsp3) is 0.778. The Kier molecular flexibility index (Phi) is 4.65. The number of hydrogen-bond acceptors (Lipinski definition) is 4. The maximum Gasteiger partial charge on any atom is 0.305 e. The van der Waals surface area contributed by atoms with E-state index in [2.05, 4.69) is 10.0 Å². The zero-order chi connectivity index (χ0) is 13.9. The lowest BCUT2D eigenvalue weighted by Crippen LogP contribution is -2.60. The molecule has 1 amide bonds. The van der Waals surface area contributed by atoms with E-state index < -0.39 is 34.5 Å². The van der Waals surface area contributed by atoms with Crippen molar-refractivity contribution in [1.82, 2.24) is 14.3 Å². The average molecular weight is 279 g/mol. The minimum absolute atomic E-state index is 0.0613. The first-order valence-electron chi connectivity index (χ1n) is 5.52. The molecule has 18 heavy (non-hydrogen) atoms. The summed E-state index contributed by atoms with van der Waals surface area (Å²) in [4.78, 5) is 22.3. The van der Waals surface area contributed by atoms with Crippen LogP contribution in [0.1, 0.15) is 20.3 Å². The number of nitrogens with zero attached hydrogens (tertiary/aromatic N) is 1. The minimum Gasteiger partial charge on any atom is -0.481 e. The molecule has 0 aromatic heterocycles. The van der Waals surface area contributed by atoms with Gasteiger partial charge in [-0.3, -0.25) is 9.59 Å². The van der Waals surface area contributed by atoms with Crippen LogP contribution in [0.15, 0.2) is 0 Å². The Labute approximate surface area is 106 Å². The summed E-state index contributed by atoms with van der Waals surface area (Å²) in [6.07, 6.45) is -0.551. The molecular formula is C9H17N3O5S. The fourth-order valence-electron chi connectivity index (χ4n) is 1.71. The Balaban J connectivity index is 2.95. The molecule has 0 aromatic rings. The summed E-state index contributed by atoms with van der Waals surface area (Å²) < 4.78 is 27.2. The second-order valence-electron chi connectivity index (χ2n) is 4.29. The Morgan fingerprint density at radius 2 is 2.22 bits per heavy atom. The van der Waals surface area contributed by atoms with Gasteiger partial charge < -0.3 is 10.4 Å². The molecule has 9 heteroatoms. The first-order valence-corrected chi connectivity index (χ1v) is 6.96. The molecule has 8 nitrogen and oxygen atoms in total. The Hall–Kier alpha value is -1.19. The molecule has 0 bridgehead atoms. The quantitative estimate of drug-likeness (QED) is 0.566. The molecule has 0 aliphatic carbocycles. The van der Waals surface area contributed by atoms with Crippen molar-refractivity contribution in [2.45, 2.75) is 32.4 Å². The Morgan fingerprint density at radius 1 is 1.61 bits per heavy atom. The smallest absolute Gasteiger partial charge is 0.305 e. The van der Waals surface area contributed by atoms with Crippen molar-refractivity contribution in [3.63, 3.8) is 0 Å². The number of carboxylic acid groups (broad SMARTS) is 1. The lowest BCUT2D eigenvalue weighted by Gasteiger charge is -2.33. The molecule has 0 aromatic carbocycles. The van der Waals surface area contributed by atoms with E-state index in [4.69, 9.17) is 5.11 Å². The van der Waals surface area contributed by atoms with E-state index in [1.54, 1.807) is 13.8 Å². The van der Waals surface area contributed by atoms with E-state index in [0.717, 1.165) is 4.31 Å². The van der Waals surface area contributed by atoms with Crippen LogP contribution in [0.25, 0.3) is 0 Å². The van der Waals surface area contributed by atoms with Crippen molar-refractivity contribution in [2.24, 2.45) is 0 Å². The largest absolute Gasteiger partial charge is 0.481 e. The number of hydrogen-bond donors (Lipinski definition) is 3. The van der Waals surface area contributed by atoms with Gasteiger partial charge in [0, 0.05) is 19.1 Å². The highest BCUT2D eigenvalue weighted by Gasteiger charge is 2.38. The highest BCUT2D eigenvalue weighted by Crippen LogP contribution is 2.13. The predicted octanol–water partition coefficient (Wildman–Crippen LogP) is -1.50. The standard InChI is InChI=1S/C9H17N3O5S/c1-6(2)11-18(16,17)12-4-3-10-9(15)7(12)5-8(13)14/h6-7,11H,3-5H2,1-2H3,(H,10,15)(H,13,14). The van der Waals surface area contributed by atoms with Crippen LogP contribution in [0.5, 0.6) is 0 Å². The molecule has 3 N–H and O–H groups in total. The van der Waals surface area contributed by atoms with Gasteiger partial charge in [0.1, 0.15) is 6.04 Å². The number of piperazine rings is 1. The normalized spacial score (nSPS) is 21.9. The van der Waals surface area contributed by atoms with Crippen molar-refractivity contribution in [1.29, 1.82) is 0 Å². The molecule has 0 radical (unpaired) electrons. The van der Waals surface area contributed by atoms with Crippen molar-refractivity contribution >= 4 is 22.1 Å². The van der Waals surface area contributed by atoms with Crippen LogP contribution in [0.4, 0.5) is 0 Å². The SMILES string of the molecule is CC(C)NS(=O)(=O)N1CCNC(=O)C1CC(=O)O. The van der Waals surface area contributed by atoms with Gasteiger partial charge in [-0.1, -0.05) is 0 Å². The summed E-state index contributed by atoms with van der Waals surface area (Å²) in [7, 11) is -3.85. The van der Waals surface area contributed by atoms with Gasteiger partial charge >= 0.3 is 5.97 Å². The number of aliphatic carboxylic acids is 1. The van der Waals surface area contributed by atoms with E-state index in [0.29, 0.717) is 0 Å². The van der Waals surface area contributed by atoms with Gasteiger partial charge in [0.2, 0.25) is 5.91 Å². The van der Waals surface area contributed by atoms with Crippen molar-refractivity contribution in [2.75, 3.05) is 13.1 Å². The molecule has 1 saturated heterocycles. The van der Waals surface area contributed by atoms with Crippen LogP contribution in [-0.4, -0.2) is 54.9 Å². The summed E-state index contributed by atoms with van der Waals surface area (Å²) in [5, 5.41) is 11.2. The van der Waals surface area contributed by atoms with E-state index in [-0.39, 0.29) is 19.1 Å². The molecular weight excluding hydrogens is 262 g/mol. The number of carbonyl (C=O) groups excluding carboxylic acids is 1. The van der Waals surface area contributed by atoms with Crippen molar-refractivity contribution in [3.8, 4) is 0 Å². The van der Waals surface area contributed by atoms with E-state index in [1.165, 1.54) is 0 Å². The summed E-state index contributed by atoms with van der Waals surface area (Å²) in [6, 6.07) is -1.53. The molecule has 1 heterocycles. The molecule has 104 valence electrons. The van der Waals surface area contributed by atoms with Crippen molar-refractivity contribution < 1.29 is 23.1 Å². The molecule has 1 atom stereocenters. The Bertz CT molecular complexity index is 433. The van der Waals surface area contributed by atoms with Gasteiger partial charge in [0.15, 0.2) is 0 Å². The average Bonchev–Trinajstić information content (AvgIpc) is 2.18. The molecule has 1 fully saturated rings. The first-order chi connectivity index (χ1) is 8.24. The highest BCUT2D eigenvalue weighted by molar-refractivity contribution is 7.87. The fourth-order valence-corrected chi connectivity index (χ4v) is 3.27. The monoisotopic (exact) mass is 279 g/mol. The van der Waals surface area contributed by atoms with Gasteiger partial charge in [-0.15, -0.1) is 0 Å². The van der Waals surface area contributed by atoms with Gasteiger partial charge in [-0.25, -0.2) is 0 Å². The minimum atomic E-state index is -3.85. The van der Waals surface area contributed by atoms with Crippen LogP contribution in [-0.2, 0) is 19.8 Å². The lowest BCUT2D eigenvalue weighted by molar-refractivity contribution is -0.141. The number of rotatable bonds is 5. The third-order valence-corrected chi connectivity index (χ3v) is 4.17. The molecule has 0 saturated carbocycles. The Morgan fingerprint density at radius 3 is 2.72 bits per heavy atom. The van der Waals surface area contributed by atoms with Gasteiger partial charge in [-0.2, -0.15) is 17.4 Å². The van der Waals surface area contributed by atoms with E-state index >= 15 is 0 Å². The third-order valence-electron chi connectivity index (χ3n) is 2.34. The summed E-state index contributed by atoms with van der Waals surface area (Å²) in [6.45, 7) is 3.53. The van der Waals surface area contributed by atoms with Crippen molar-refractivity contribution in [3.05, 3.63) is 0 Å². The molecule has 1 aliphatic rings. The van der Waals surface area contributed by atoms with E-state index in [1.807, 2.05) is 0 Å². The molecule has 1 unspecified atom stereocenters. The van der Waals surface area contributed by atoms with Crippen LogP contribution in [0.2, 0.25) is 0 Å². The van der Waals surface area contributed by atoms with Gasteiger partial charge in [0.05, 0.1) is 6.42 Å². The number of amides is 1. The molecule has 1 aliphatic heterocycles. The number of nitrogens with one attached hydrogen (secondary N) is 2. The predicted molar refractivity (Wildman–Crippen MR) is 62.9 cm³/mol. The van der Waals surface area contributed by atoms with Crippen LogP contribution in [0, 0.1) is 0 Å². The lowest BCUT2D eigenvalue weighted by atomic mass is 10.1. The first kappa shape index (κ1) is 14.9. The second kappa shape index (κ2) is 5.63. The maximum absolute atomic E-state index is 12.0. The van der Waals surface area contributed by atoms with Gasteiger partial charge in [0.25, 0.3) is 10.2 Å². The zero-order valence-electron chi connectivity index (χ0n) is 10.2. The molecule has 1 rings (SSSR count). The maximum atomic E-state index is 12.0. The summed E-state index contributed by atoms with van der Waals surface area (Å²) in [5.41, 5.74) is 0.